The van der Waals surface area contributed by atoms with Gasteiger partial charge in [-0.2, -0.15) is 0 Å². The van der Waals surface area contributed by atoms with Gasteiger partial charge in [0.2, 0.25) is 0 Å². The number of imidazole rings is 1. The van der Waals surface area contributed by atoms with Crippen molar-refractivity contribution in [3.63, 3.8) is 0 Å². The summed E-state index contributed by atoms with van der Waals surface area (Å²) in [5.41, 5.74) is 2.54. The minimum atomic E-state index is 0.0198. The molecule has 2 heterocycles. The average molecular weight is 272 g/mol. The first-order valence-electron chi connectivity index (χ1n) is 6.91. The molecule has 1 fully saturated rings. The summed E-state index contributed by atoms with van der Waals surface area (Å²) >= 11 is 0. The third-order valence-electron chi connectivity index (χ3n) is 4.27. The SMILES string of the molecule is CN1CCN(C(=O)c2ccc3nc[nH]c3c2)CC1(C)C. The zero-order valence-corrected chi connectivity index (χ0v) is 12.2. The minimum Gasteiger partial charge on any atom is -0.345 e. The quantitative estimate of drug-likeness (QED) is 0.860. The summed E-state index contributed by atoms with van der Waals surface area (Å²) in [5.74, 6) is 0.0997. The maximum absolute atomic E-state index is 12.6. The van der Waals surface area contributed by atoms with Gasteiger partial charge in [-0.25, -0.2) is 4.98 Å². The summed E-state index contributed by atoms with van der Waals surface area (Å²) in [6.07, 6.45) is 1.65. The molecule has 1 N–H and O–H groups in total. The van der Waals surface area contributed by atoms with E-state index in [1.165, 1.54) is 0 Å². The summed E-state index contributed by atoms with van der Waals surface area (Å²) in [6.45, 7) is 6.78. The van der Waals surface area contributed by atoms with Gasteiger partial charge >= 0.3 is 0 Å². The van der Waals surface area contributed by atoms with Crippen molar-refractivity contribution in [1.82, 2.24) is 19.8 Å². The number of aromatic amines is 1. The van der Waals surface area contributed by atoms with Gasteiger partial charge in [0.15, 0.2) is 0 Å². The molecule has 1 saturated heterocycles. The van der Waals surface area contributed by atoms with Crippen LogP contribution in [0.25, 0.3) is 11.0 Å². The Labute approximate surface area is 118 Å². The van der Waals surface area contributed by atoms with Crippen LogP contribution in [0, 0.1) is 0 Å². The van der Waals surface area contributed by atoms with E-state index in [0.717, 1.165) is 36.2 Å². The van der Waals surface area contributed by atoms with Crippen LogP contribution in [0.1, 0.15) is 24.2 Å². The molecule has 3 rings (SSSR count). The second-order valence-corrected chi connectivity index (χ2v) is 6.10. The average Bonchev–Trinajstić information content (AvgIpc) is 2.88. The Morgan fingerprint density at radius 1 is 1.35 bits per heavy atom. The first-order chi connectivity index (χ1) is 9.47. The second kappa shape index (κ2) is 4.59. The summed E-state index contributed by atoms with van der Waals surface area (Å²) in [7, 11) is 2.11. The molecule has 0 aliphatic carbocycles. The van der Waals surface area contributed by atoms with Crippen LogP contribution >= 0.6 is 0 Å². The molecule has 5 heteroatoms. The van der Waals surface area contributed by atoms with Crippen LogP contribution in [0.5, 0.6) is 0 Å². The van der Waals surface area contributed by atoms with Gasteiger partial charge in [0.1, 0.15) is 0 Å². The molecule has 1 aromatic carbocycles. The van der Waals surface area contributed by atoms with Crippen molar-refractivity contribution in [3.05, 3.63) is 30.1 Å². The lowest BCUT2D eigenvalue weighted by Crippen LogP contribution is -2.58. The summed E-state index contributed by atoms with van der Waals surface area (Å²) < 4.78 is 0. The molecule has 1 aromatic heterocycles. The molecule has 106 valence electrons. The lowest BCUT2D eigenvalue weighted by atomic mass is 9.99. The molecular weight excluding hydrogens is 252 g/mol. The van der Waals surface area contributed by atoms with E-state index in [1.807, 2.05) is 23.1 Å². The molecule has 0 atom stereocenters. The lowest BCUT2D eigenvalue weighted by Gasteiger charge is -2.45. The Morgan fingerprint density at radius 3 is 2.90 bits per heavy atom. The predicted molar refractivity (Wildman–Crippen MR) is 78.7 cm³/mol. The number of aromatic nitrogens is 2. The Morgan fingerprint density at radius 2 is 2.15 bits per heavy atom. The van der Waals surface area contributed by atoms with E-state index < -0.39 is 0 Å². The normalized spacial score (nSPS) is 19.4. The van der Waals surface area contributed by atoms with Crippen molar-refractivity contribution in [2.24, 2.45) is 0 Å². The minimum absolute atomic E-state index is 0.0198. The topological polar surface area (TPSA) is 52.2 Å². The van der Waals surface area contributed by atoms with Crippen molar-refractivity contribution in [1.29, 1.82) is 0 Å². The molecule has 1 aliphatic rings. The molecular formula is C15H20N4O. The van der Waals surface area contributed by atoms with Gasteiger partial charge in [-0.3, -0.25) is 9.69 Å². The Kier molecular flexibility index (Phi) is 3.01. The summed E-state index contributed by atoms with van der Waals surface area (Å²) in [5, 5.41) is 0. The number of H-pyrrole nitrogens is 1. The van der Waals surface area contributed by atoms with Crippen LogP contribution in [0.3, 0.4) is 0 Å². The van der Waals surface area contributed by atoms with Crippen molar-refractivity contribution in [2.75, 3.05) is 26.7 Å². The summed E-state index contributed by atoms with van der Waals surface area (Å²) in [4.78, 5) is 24.1. The number of likely N-dealkylation sites (N-methyl/N-ethyl adjacent to an activating group) is 1. The van der Waals surface area contributed by atoms with Crippen molar-refractivity contribution >= 4 is 16.9 Å². The third kappa shape index (κ3) is 2.18. The van der Waals surface area contributed by atoms with E-state index in [0.29, 0.717) is 0 Å². The van der Waals surface area contributed by atoms with Gasteiger partial charge in [-0.05, 0) is 39.1 Å². The Hall–Kier alpha value is -1.88. The predicted octanol–water partition coefficient (Wildman–Crippen LogP) is 1.73. The number of amides is 1. The standard InChI is InChI=1S/C15H20N4O/c1-15(2)9-19(7-6-18(15)3)14(20)11-4-5-12-13(8-11)17-10-16-12/h4-5,8,10H,6-7,9H2,1-3H3,(H,16,17). The first-order valence-corrected chi connectivity index (χ1v) is 6.91. The molecule has 1 aliphatic heterocycles. The highest BCUT2D eigenvalue weighted by atomic mass is 16.2. The largest absolute Gasteiger partial charge is 0.345 e. The van der Waals surface area contributed by atoms with Gasteiger partial charge in [0, 0.05) is 30.7 Å². The monoisotopic (exact) mass is 272 g/mol. The van der Waals surface area contributed by atoms with Crippen LogP contribution in [-0.2, 0) is 0 Å². The number of hydrogen-bond acceptors (Lipinski definition) is 3. The van der Waals surface area contributed by atoms with Crippen LogP contribution < -0.4 is 0 Å². The number of benzene rings is 1. The zero-order valence-electron chi connectivity index (χ0n) is 12.2. The van der Waals surface area contributed by atoms with E-state index in [-0.39, 0.29) is 11.4 Å². The van der Waals surface area contributed by atoms with Gasteiger partial charge in [0.05, 0.1) is 17.4 Å². The van der Waals surface area contributed by atoms with Crippen molar-refractivity contribution in [2.45, 2.75) is 19.4 Å². The highest BCUT2D eigenvalue weighted by Gasteiger charge is 2.33. The number of carbonyl (C=O) groups excluding carboxylic acids is 1. The number of nitrogens with one attached hydrogen (secondary N) is 1. The first kappa shape index (κ1) is 13.1. The molecule has 0 spiro atoms. The zero-order chi connectivity index (χ0) is 14.3. The van der Waals surface area contributed by atoms with E-state index in [2.05, 4.69) is 35.8 Å². The maximum atomic E-state index is 12.6. The molecule has 0 saturated carbocycles. The molecule has 0 bridgehead atoms. The second-order valence-electron chi connectivity index (χ2n) is 6.10. The van der Waals surface area contributed by atoms with Crippen LogP contribution in [0.4, 0.5) is 0 Å². The fourth-order valence-corrected chi connectivity index (χ4v) is 2.66. The highest BCUT2D eigenvalue weighted by molar-refractivity contribution is 5.97. The van der Waals surface area contributed by atoms with E-state index in [9.17, 15) is 4.79 Å². The van der Waals surface area contributed by atoms with E-state index >= 15 is 0 Å². The molecule has 20 heavy (non-hydrogen) atoms. The number of fused-ring (bicyclic) bond motifs is 1. The molecule has 1 amide bonds. The molecule has 5 nitrogen and oxygen atoms in total. The Balaban J connectivity index is 1.85. The van der Waals surface area contributed by atoms with E-state index in [1.54, 1.807) is 6.33 Å². The van der Waals surface area contributed by atoms with Crippen LogP contribution in [0.2, 0.25) is 0 Å². The maximum Gasteiger partial charge on any atom is 0.254 e. The number of hydrogen-bond donors (Lipinski definition) is 1. The lowest BCUT2D eigenvalue weighted by molar-refractivity contribution is 0.0311. The van der Waals surface area contributed by atoms with Crippen molar-refractivity contribution < 1.29 is 4.79 Å². The molecule has 0 radical (unpaired) electrons. The van der Waals surface area contributed by atoms with Crippen molar-refractivity contribution in [3.8, 4) is 0 Å². The van der Waals surface area contributed by atoms with Crippen LogP contribution in [0.15, 0.2) is 24.5 Å². The van der Waals surface area contributed by atoms with Gasteiger partial charge in [-0.1, -0.05) is 0 Å². The summed E-state index contributed by atoms with van der Waals surface area (Å²) in [6, 6.07) is 5.63. The van der Waals surface area contributed by atoms with Crippen LogP contribution in [-0.4, -0.2) is 57.9 Å². The highest BCUT2D eigenvalue weighted by Crippen LogP contribution is 2.21. The fraction of sp³-hybridized carbons (Fsp3) is 0.467. The van der Waals surface area contributed by atoms with Gasteiger partial charge < -0.3 is 9.88 Å². The smallest absolute Gasteiger partial charge is 0.254 e. The van der Waals surface area contributed by atoms with Gasteiger partial charge in [-0.15, -0.1) is 0 Å². The number of carbonyl (C=O) groups is 1. The number of rotatable bonds is 1. The molecule has 0 unspecified atom stereocenters. The Bertz CT molecular complexity index is 646. The molecule has 2 aromatic rings. The number of piperazine rings is 1. The number of nitrogens with zero attached hydrogens (tertiary/aromatic N) is 3. The fourth-order valence-electron chi connectivity index (χ4n) is 2.66. The van der Waals surface area contributed by atoms with E-state index in [4.69, 9.17) is 0 Å². The van der Waals surface area contributed by atoms with Gasteiger partial charge in [0.25, 0.3) is 5.91 Å². The third-order valence-corrected chi connectivity index (χ3v) is 4.27.